The zero-order valence-corrected chi connectivity index (χ0v) is 13.1. The maximum Gasteiger partial charge on any atom is 0.280 e. The predicted octanol–water partition coefficient (Wildman–Crippen LogP) is 2.99. The number of ether oxygens (including phenoxy) is 1. The van der Waals surface area contributed by atoms with Gasteiger partial charge in [0.1, 0.15) is 5.75 Å². The molecule has 2 aromatic heterocycles. The second-order valence-electron chi connectivity index (χ2n) is 5.98. The summed E-state index contributed by atoms with van der Waals surface area (Å²) in [5.41, 5.74) is 4.04. The Hall–Kier alpha value is -2.56. The Balaban J connectivity index is 1.89. The van der Waals surface area contributed by atoms with E-state index in [1.54, 1.807) is 18.0 Å². The van der Waals surface area contributed by atoms with Crippen molar-refractivity contribution in [1.82, 2.24) is 14.8 Å². The van der Waals surface area contributed by atoms with Crippen molar-refractivity contribution in [2.75, 3.05) is 7.11 Å². The summed E-state index contributed by atoms with van der Waals surface area (Å²) in [5.74, 6) is 0.772. The number of methoxy groups -OCH3 is 1. The molecule has 23 heavy (non-hydrogen) atoms. The Morgan fingerprint density at radius 3 is 2.70 bits per heavy atom. The van der Waals surface area contributed by atoms with E-state index in [1.165, 1.54) is 18.4 Å². The van der Waals surface area contributed by atoms with Crippen LogP contribution in [-0.4, -0.2) is 21.9 Å². The molecule has 0 saturated heterocycles. The van der Waals surface area contributed by atoms with E-state index in [4.69, 9.17) is 4.74 Å². The van der Waals surface area contributed by atoms with E-state index in [0.29, 0.717) is 5.39 Å². The van der Waals surface area contributed by atoms with Crippen molar-refractivity contribution in [3.63, 3.8) is 0 Å². The smallest absolute Gasteiger partial charge is 0.280 e. The van der Waals surface area contributed by atoms with Gasteiger partial charge in [-0.05, 0) is 55.5 Å². The molecule has 1 aromatic carbocycles. The Labute approximate surface area is 133 Å². The quantitative estimate of drug-likeness (QED) is 0.740. The fraction of sp³-hybridized carbons (Fsp3) is 0.333. The maximum absolute atomic E-state index is 12.7. The van der Waals surface area contributed by atoms with Crippen molar-refractivity contribution >= 4 is 10.9 Å². The molecule has 5 nitrogen and oxygen atoms in total. The number of aryl methyl sites for hydroxylation is 2. The second-order valence-corrected chi connectivity index (χ2v) is 5.98. The lowest BCUT2D eigenvalue weighted by atomic mass is 10.1. The van der Waals surface area contributed by atoms with Crippen LogP contribution in [-0.2, 0) is 12.8 Å². The highest BCUT2D eigenvalue weighted by Crippen LogP contribution is 2.25. The molecule has 1 aliphatic rings. The average molecular weight is 309 g/mol. The van der Waals surface area contributed by atoms with Crippen LogP contribution >= 0.6 is 0 Å². The molecule has 2 heterocycles. The molecule has 5 heteroatoms. The van der Waals surface area contributed by atoms with Crippen LogP contribution in [0.1, 0.15) is 30.5 Å². The van der Waals surface area contributed by atoms with Gasteiger partial charge in [0.25, 0.3) is 5.56 Å². The first-order valence-corrected chi connectivity index (χ1v) is 8.04. The largest absolute Gasteiger partial charge is 0.497 e. The van der Waals surface area contributed by atoms with E-state index >= 15 is 0 Å². The minimum Gasteiger partial charge on any atom is -0.497 e. The Kier molecular flexibility index (Phi) is 3.41. The Morgan fingerprint density at radius 2 is 1.91 bits per heavy atom. The number of benzene rings is 1. The fourth-order valence-electron chi connectivity index (χ4n) is 3.33. The molecule has 0 fully saturated rings. The number of aromatic nitrogens is 3. The third-order valence-electron chi connectivity index (χ3n) is 4.60. The van der Waals surface area contributed by atoms with Crippen molar-refractivity contribution in [3.8, 4) is 11.4 Å². The molecule has 0 spiro atoms. The number of hydrogen-bond acceptors (Lipinski definition) is 3. The van der Waals surface area contributed by atoms with Crippen LogP contribution < -0.4 is 10.3 Å². The van der Waals surface area contributed by atoms with Crippen molar-refractivity contribution in [2.45, 2.75) is 32.1 Å². The number of H-pyrrole nitrogens is 1. The lowest BCUT2D eigenvalue weighted by Gasteiger charge is -2.05. The molecule has 0 bridgehead atoms. The minimum atomic E-state index is -0.0512. The summed E-state index contributed by atoms with van der Waals surface area (Å²) in [5, 5.41) is 3.96. The molecule has 1 aliphatic carbocycles. The predicted molar refractivity (Wildman–Crippen MR) is 89.5 cm³/mol. The number of hydrogen-bond donors (Lipinski definition) is 1. The number of pyridine rings is 1. The molecule has 0 amide bonds. The first-order valence-electron chi connectivity index (χ1n) is 8.04. The lowest BCUT2D eigenvalue weighted by molar-refractivity contribution is 0.414. The highest BCUT2D eigenvalue weighted by molar-refractivity contribution is 5.81. The zero-order valence-electron chi connectivity index (χ0n) is 13.1. The number of nitrogens with one attached hydrogen (secondary N) is 1. The van der Waals surface area contributed by atoms with Crippen LogP contribution in [0.4, 0.5) is 0 Å². The number of rotatable bonds is 2. The summed E-state index contributed by atoms with van der Waals surface area (Å²) in [6.07, 6.45) is 7.27. The van der Waals surface area contributed by atoms with Gasteiger partial charge in [-0.15, -0.1) is 0 Å². The van der Waals surface area contributed by atoms with Crippen LogP contribution in [0.15, 0.2) is 35.3 Å². The third kappa shape index (κ3) is 2.32. The number of fused-ring (bicyclic) bond motifs is 3. The minimum absolute atomic E-state index is 0.0512. The number of nitrogens with zero attached hydrogens (tertiary/aromatic N) is 2. The lowest BCUT2D eigenvalue weighted by Crippen LogP contribution is -2.14. The summed E-state index contributed by atoms with van der Waals surface area (Å²) in [6.45, 7) is 0. The van der Waals surface area contributed by atoms with E-state index in [1.807, 2.05) is 24.3 Å². The van der Waals surface area contributed by atoms with E-state index < -0.39 is 0 Å². The van der Waals surface area contributed by atoms with E-state index in [9.17, 15) is 4.79 Å². The summed E-state index contributed by atoms with van der Waals surface area (Å²) >= 11 is 0. The molecule has 0 saturated carbocycles. The van der Waals surface area contributed by atoms with Gasteiger partial charge in [0.05, 0.1) is 23.7 Å². The van der Waals surface area contributed by atoms with Crippen LogP contribution in [0.5, 0.6) is 5.75 Å². The van der Waals surface area contributed by atoms with Gasteiger partial charge < -0.3 is 4.74 Å². The van der Waals surface area contributed by atoms with Crippen molar-refractivity contribution in [3.05, 3.63) is 52.1 Å². The average Bonchev–Trinajstić information content (AvgIpc) is 2.77. The maximum atomic E-state index is 12.7. The monoisotopic (exact) mass is 309 g/mol. The molecule has 3 aromatic rings. The molecule has 0 unspecified atom stereocenters. The molecular formula is C18H19N3O2. The zero-order chi connectivity index (χ0) is 15.8. The Bertz CT molecular complexity index is 906. The van der Waals surface area contributed by atoms with Gasteiger partial charge >= 0.3 is 0 Å². The number of aromatic amines is 1. The van der Waals surface area contributed by atoms with Crippen LogP contribution in [0, 0.1) is 0 Å². The van der Waals surface area contributed by atoms with E-state index in [-0.39, 0.29) is 5.56 Å². The van der Waals surface area contributed by atoms with Gasteiger partial charge in [-0.1, -0.05) is 6.42 Å². The first kappa shape index (κ1) is 14.1. The molecule has 4 rings (SSSR count). The highest BCUT2D eigenvalue weighted by Gasteiger charge is 2.17. The molecule has 1 N–H and O–H groups in total. The normalized spacial score (nSPS) is 14.5. The van der Waals surface area contributed by atoms with Gasteiger partial charge in [-0.25, -0.2) is 4.68 Å². The Morgan fingerprint density at radius 1 is 1.13 bits per heavy atom. The summed E-state index contributed by atoms with van der Waals surface area (Å²) in [7, 11) is 1.63. The van der Waals surface area contributed by atoms with Crippen molar-refractivity contribution < 1.29 is 4.74 Å². The summed E-state index contributed by atoms with van der Waals surface area (Å²) < 4.78 is 6.77. The molecule has 118 valence electrons. The molecular weight excluding hydrogens is 290 g/mol. The molecule has 0 atom stereocenters. The van der Waals surface area contributed by atoms with Gasteiger partial charge in [0, 0.05) is 11.9 Å². The van der Waals surface area contributed by atoms with E-state index in [2.05, 4.69) is 10.1 Å². The standard InChI is InChI=1S/C18H19N3O2/c1-23-13-9-7-12(8-10-13)21-18(22)15-11-19-16-6-4-2-3-5-14(16)17(15)20-21/h7-11,20H,2-6H2,1H3. The van der Waals surface area contributed by atoms with Gasteiger partial charge in [0.2, 0.25) is 0 Å². The topological polar surface area (TPSA) is 59.9 Å². The SMILES string of the molecule is COc1ccc(-n2[nH]c3c4c(ncc3c2=O)CCCCC4)cc1. The molecule has 0 aliphatic heterocycles. The second kappa shape index (κ2) is 5.57. The van der Waals surface area contributed by atoms with Crippen molar-refractivity contribution in [1.29, 1.82) is 0 Å². The van der Waals surface area contributed by atoms with E-state index in [0.717, 1.165) is 41.9 Å². The first-order chi connectivity index (χ1) is 11.3. The highest BCUT2D eigenvalue weighted by atomic mass is 16.5. The third-order valence-corrected chi connectivity index (χ3v) is 4.60. The summed E-state index contributed by atoms with van der Waals surface area (Å²) in [4.78, 5) is 17.3. The molecule has 0 radical (unpaired) electrons. The van der Waals surface area contributed by atoms with Gasteiger partial charge in [-0.2, -0.15) is 0 Å². The van der Waals surface area contributed by atoms with Crippen LogP contribution in [0.3, 0.4) is 0 Å². The van der Waals surface area contributed by atoms with Crippen LogP contribution in [0.25, 0.3) is 16.6 Å². The van der Waals surface area contributed by atoms with Gasteiger partial charge in [0.15, 0.2) is 0 Å². The fourth-order valence-corrected chi connectivity index (χ4v) is 3.33. The van der Waals surface area contributed by atoms with Crippen LogP contribution in [0.2, 0.25) is 0 Å². The van der Waals surface area contributed by atoms with Crippen molar-refractivity contribution in [2.24, 2.45) is 0 Å². The summed E-state index contributed by atoms with van der Waals surface area (Å²) in [6, 6.07) is 7.46. The van der Waals surface area contributed by atoms with Gasteiger partial charge in [-0.3, -0.25) is 14.9 Å².